The van der Waals surface area contributed by atoms with Crippen molar-refractivity contribution >= 4 is 16.5 Å². The number of anilines is 1. The Bertz CT molecular complexity index is 1600. The molecule has 1 atom stereocenters. The second-order valence-electron chi connectivity index (χ2n) is 8.40. The van der Waals surface area contributed by atoms with Gasteiger partial charge in [0.25, 0.3) is 11.1 Å². The fourth-order valence-corrected chi connectivity index (χ4v) is 3.46. The highest BCUT2D eigenvalue weighted by Crippen LogP contribution is 2.30. The molecule has 16 heteroatoms. The number of aryl methyl sites for hydroxylation is 1. The van der Waals surface area contributed by atoms with Crippen molar-refractivity contribution in [3.63, 3.8) is 0 Å². The Morgan fingerprint density at radius 1 is 1.05 bits per heavy atom. The maximum atomic E-state index is 14.5. The molecule has 1 unspecified atom stereocenters. The van der Waals surface area contributed by atoms with Crippen LogP contribution in [-0.4, -0.2) is 35.9 Å². The summed E-state index contributed by atoms with van der Waals surface area (Å²) in [6.45, 7) is 2.11. The van der Waals surface area contributed by atoms with E-state index in [0.29, 0.717) is 30.6 Å². The number of hydrogen-bond donors (Lipinski definition) is 3. The number of hydrogen-bond acceptors (Lipinski definition) is 7. The summed E-state index contributed by atoms with van der Waals surface area (Å²) in [5.41, 5.74) is -0.0531. The van der Waals surface area contributed by atoms with E-state index in [-0.39, 0.29) is 23.3 Å². The standard InChI is InChI=1S/C19H17F4N3O2.C5H4F3N3O/c1-2-13(27)4-6-26-5-3-11-7-15(16(20)8-14(11)18(26)28)17-24-9-12(10-25-17)19(21,22)23;6-5(7,8)3-2(9)1-10-11-4(3)12/h3,5,7-10,13,27H,2,4,6H2,1H3;1H,(H3,9,11,12). The van der Waals surface area contributed by atoms with E-state index < -0.39 is 52.2 Å². The third-order valence-corrected chi connectivity index (χ3v) is 5.63. The zero-order valence-electron chi connectivity index (χ0n) is 20.5. The lowest BCUT2D eigenvalue weighted by molar-refractivity contribution is -0.138. The molecule has 3 aromatic heterocycles. The number of nitrogens with two attached hydrogens (primary N) is 1. The van der Waals surface area contributed by atoms with Crippen molar-refractivity contribution in [1.82, 2.24) is 24.7 Å². The van der Waals surface area contributed by atoms with Crippen LogP contribution in [0.3, 0.4) is 0 Å². The highest BCUT2D eigenvalue weighted by atomic mass is 19.4. The van der Waals surface area contributed by atoms with Gasteiger partial charge in [0.15, 0.2) is 5.82 Å². The smallest absolute Gasteiger partial charge is 0.397 e. The Morgan fingerprint density at radius 3 is 2.23 bits per heavy atom. The van der Waals surface area contributed by atoms with Crippen LogP contribution in [0, 0.1) is 5.82 Å². The molecule has 0 fully saturated rings. The van der Waals surface area contributed by atoms with E-state index in [4.69, 9.17) is 5.73 Å². The number of pyridine rings is 1. The molecule has 0 saturated carbocycles. The molecule has 1 aromatic carbocycles. The van der Waals surface area contributed by atoms with E-state index in [1.807, 2.05) is 6.92 Å². The Kier molecular flexibility index (Phi) is 8.92. The van der Waals surface area contributed by atoms with Gasteiger partial charge in [-0.25, -0.2) is 19.5 Å². The first kappa shape index (κ1) is 30.2. The molecule has 0 aliphatic rings. The Hall–Kier alpha value is -4.34. The minimum Gasteiger partial charge on any atom is -0.397 e. The summed E-state index contributed by atoms with van der Waals surface area (Å²) in [7, 11) is 0. The topological polar surface area (TPSA) is 140 Å². The molecule has 0 radical (unpaired) electrons. The van der Waals surface area contributed by atoms with Crippen LogP contribution >= 0.6 is 0 Å². The number of fused-ring (bicyclic) bond motifs is 1. The third kappa shape index (κ3) is 6.99. The number of rotatable bonds is 5. The number of aliphatic hydroxyl groups is 1. The van der Waals surface area contributed by atoms with Crippen molar-refractivity contribution in [1.29, 1.82) is 0 Å². The molecule has 0 aliphatic heterocycles. The zero-order valence-corrected chi connectivity index (χ0v) is 20.5. The monoisotopic (exact) mass is 574 g/mol. The predicted octanol–water partition coefficient (Wildman–Crippen LogP) is 4.15. The lowest BCUT2D eigenvalue weighted by Crippen LogP contribution is -2.24. The van der Waals surface area contributed by atoms with Crippen LogP contribution in [0.5, 0.6) is 0 Å². The molecule has 214 valence electrons. The quantitative estimate of drug-likeness (QED) is 0.304. The minimum absolute atomic E-state index is 0.0974. The van der Waals surface area contributed by atoms with Gasteiger partial charge < -0.3 is 15.4 Å². The molecular weight excluding hydrogens is 553 g/mol. The first-order chi connectivity index (χ1) is 18.6. The van der Waals surface area contributed by atoms with Gasteiger partial charge in [-0.2, -0.15) is 31.4 Å². The SMILES string of the molecule is CCC(O)CCn1ccc2cc(-c3ncc(C(F)(F)F)cn3)c(F)cc2c1=O.Nc1cn[nH]c(=O)c1C(F)(F)F. The molecule has 0 bridgehead atoms. The molecule has 40 heavy (non-hydrogen) atoms. The van der Waals surface area contributed by atoms with Gasteiger partial charge in [-0.3, -0.25) is 9.59 Å². The Morgan fingerprint density at radius 2 is 1.70 bits per heavy atom. The van der Waals surface area contributed by atoms with Crippen LogP contribution in [0.1, 0.15) is 30.9 Å². The van der Waals surface area contributed by atoms with E-state index in [2.05, 4.69) is 15.1 Å². The van der Waals surface area contributed by atoms with Crippen molar-refractivity contribution < 1.29 is 35.8 Å². The summed E-state index contributed by atoms with van der Waals surface area (Å²) in [6.07, 6.45) is -5.45. The fourth-order valence-electron chi connectivity index (χ4n) is 3.46. The van der Waals surface area contributed by atoms with Crippen molar-refractivity contribution in [3.8, 4) is 11.4 Å². The van der Waals surface area contributed by atoms with Crippen molar-refractivity contribution in [2.24, 2.45) is 0 Å². The van der Waals surface area contributed by atoms with Gasteiger partial charge in [0, 0.05) is 25.1 Å². The molecule has 4 aromatic rings. The molecule has 4 N–H and O–H groups in total. The number of H-pyrrole nitrogens is 1. The first-order valence-corrected chi connectivity index (χ1v) is 11.4. The summed E-state index contributed by atoms with van der Waals surface area (Å²) in [6, 6.07) is 3.96. The van der Waals surface area contributed by atoms with Gasteiger partial charge in [-0.05, 0) is 36.4 Å². The summed E-state index contributed by atoms with van der Waals surface area (Å²) in [5.74, 6) is -1.02. The lowest BCUT2D eigenvalue weighted by atomic mass is 10.1. The Labute approximate surface area is 220 Å². The predicted molar refractivity (Wildman–Crippen MR) is 129 cm³/mol. The zero-order chi connectivity index (χ0) is 29.8. The van der Waals surface area contributed by atoms with Gasteiger partial charge in [0.05, 0.1) is 34.5 Å². The number of nitrogen functional groups attached to an aromatic ring is 1. The summed E-state index contributed by atoms with van der Waals surface area (Å²) in [5, 5.41) is 14.9. The number of aliphatic hydroxyl groups excluding tert-OH is 1. The lowest BCUT2D eigenvalue weighted by Gasteiger charge is -2.11. The highest BCUT2D eigenvalue weighted by Gasteiger charge is 2.36. The van der Waals surface area contributed by atoms with Gasteiger partial charge in [-0.15, -0.1) is 0 Å². The highest BCUT2D eigenvalue weighted by molar-refractivity contribution is 5.85. The number of nitrogens with zero attached hydrogens (tertiary/aromatic N) is 4. The molecule has 0 spiro atoms. The first-order valence-electron chi connectivity index (χ1n) is 11.4. The summed E-state index contributed by atoms with van der Waals surface area (Å²) >= 11 is 0. The fraction of sp³-hybridized carbons (Fsp3) is 0.292. The minimum atomic E-state index is -4.74. The van der Waals surface area contributed by atoms with Gasteiger partial charge >= 0.3 is 12.4 Å². The van der Waals surface area contributed by atoms with Crippen LogP contribution in [0.15, 0.2) is 52.6 Å². The van der Waals surface area contributed by atoms with Crippen LogP contribution in [0.2, 0.25) is 0 Å². The van der Waals surface area contributed by atoms with Crippen LogP contribution < -0.4 is 16.9 Å². The maximum absolute atomic E-state index is 14.5. The van der Waals surface area contributed by atoms with E-state index in [0.717, 1.165) is 12.3 Å². The molecule has 9 nitrogen and oxygen atoms in total. The molecule has 4 rings (SSSR count). The third-order valence-electron chi connectivity index (χ3n) is 5.63. The van der Waals surface area contributed by atoms with Gasteiger partial charge in [0.1, 0.15) is 11.4 Å². The number of aromatic nitrogens is 5. The number of halogens is 7. The second kappa shape index (κ2) is 11.8. The van der Waals surface area contributed by atoms with Crippen LogP contribution in [-0.2, 0) is 18.9 Å². The summed E-state index contributed by atoms with van der Waals surface area (Å²) < 4.78 is 89.7. The Balaban J connectivity index is 0.000000307. The van der Waals surface area contributed by atoms with E-state index in [1.165, 1.54) is 16.8 Å². The van der Waals surface area contributed by atoms with Crippen LogP contribution in [0.25, 0.3) is 22.2 Å². The number of nitrogens with one attached hydrogen (secondary N) is 1. The molecule has 3 heterocycles. The maximum Gasteiger partial charge on any atom is 0.423 e. The number of alkyl halides is 6. The van der Waals surface area contributed by atoms with E-state index in [1.54, 1.807) is 11.2 Å². The van der Waals surface area contributed by atoms with E-state index in [9.17, 15) is 45.4 Å². The van der Waals surface area contributed by atoms with Crippen molar-refractivity contribution in [3.05, 3.63) is 80.6 Å². The van der Waals surface area contributed by atoms with Crippen LogP contribution in [0.4, 0.5) is 36.4 Å². The molecule has 0 amide bonds. The average molecular weight is 574 g/mol. The average Bonchev–Trinajstić information content (AvgIpc) is 2.87. The number of aromatic amines is 1. The van der Waals surface area contributed by atoms with Gasteiger partial charge in [-0.1, -0.05) is 6.92 Å². The van der Waals surface area contributed by atoms with Crippen molar-refractivity contribution in [2.75, 3.05) is 5.73 Å². The normalized spacial score (nSPS) is 12.6. The van der Waals surface area contributed by atoms with Gasteiger partial charge in [0.2, 0.25) is 0 Å². The second-order valence-corrected chi connectivity index (χ2v) is 8.40. The summed E-state index contributed by atoms with van der Waals surface area (Å²) in [4.78, 5) is 30.3. The molecular formula is C24H21F7N6O3. The molecule has 0 aliphatic carbocycles. The number of benzene rings is 1. The largest absolute Gasteiger partial charge is 0.423 e. The van der Waals surface area contributed by atoms with E-state index >= 15 is 0 Å². The molecule has 0 saturated heterocycles. The van der Waals surface area contributed by atoms with Crippen molar-refractivity contribution in [2.45, 2.75) is 44.8 Å².